The molecule has 0 aliphatic rings. The summed E-state index contributed by atoms with van der Waals surface area (Å²) in [7, 11) is 0. The van der Waals surface area contributed by atoms with Crippen LogP contribution in [0, 0.1) is 6.67 Å². The second-order valence-electron chi connectivity index (χ2n) is 1.75. The van der Waals surface area contributed by atoms with Crippen LogP contribution in [0.25, 0.3) is 0 Å². The zero-order valence-electron chi connectivity index (χ0n) is 5.14. The van der Waals surface area contributed by atoms with Crippen LogP contribution < -0.4 is 10.6 Å². The van der Waals surface area contributed by atoms with Crippen molar-refractivity contribution in [3.8, 4) is 0 Å². The van der Waals surface area contributed by atoms with Crippen LogP contribution in [0.1, 0.15) is 13.8 Å². The maximum atomic E-state index is 9.60. The highest BCUT2D eigenvalue weighted by Crippen LogP contribution is 1.72. The van der Waals surface area contributed by atoms with Crippen molar-refractivity contribution >= 4 is 6.41 Å². The van der Waals surface area contributed by atoms with Gasteiger partial charge in [0.05, 0.1) is 0 Å². The molecule has 0 fully saturated rings. The third-order valence-electron chi connectivity index (χ3n) is 0.568. The van der Waals surface area contributed by atoms with Gasteiger partial charge in [-0.1, -0.05) is 0 Å². The van der Waals surface area contributed by atoms with E-state index in [0.717, 1.165) is 0 Å². The van der Waals surface area contributed by atoms with Gasteiger partial charge < -0.3 is 5.32 Å². The molecule has 0 saturated heterocycles. The summed E-state index contributed by atoms with van der Waals surface area (Å²) in [6.45, 7) is 5.49. The van der Waals surface area contributed by atoms with E-state index < -0.39 is 0 Å². The second-order valence-corrected chi connectivity index (χ2v) is 1.75. The van der Waals surface area contributed by atoms with Crippen LogP contribution >= 0.6 is 0 Å². The standard InChI is InChI=1S/C5H11N2O/c1-5(2)7-3-6-4-8/h3-5,7H,1-2H3,(H,6,8). The molecule has 0 rings (SSSR count). The third kappa shape index (κ3) is 5.43. The molecule has 47 valence electrons. The predicted molar refractivity (Wildman–Crippen MR) is 31.8 cm³/mol. The normalized spacial score (nSPS) is 9.38. The van der Waals surface area contributed by atoms with Crippen molar-refractivity contribution in [2.75, 3.05) is 0 Å². The Labute approximate surface area is 49.5 Å². The van der Waals surface area contributed by atoms with Gasteiger partial charge in [-0.2, -0.15) is 0 Å². The summed E-state index contributed by atoms with van der Waals surface area (Å²) in [4.78, 5) is 9.60. The first kappa shape index (κ1) is 7.43. The number of rotatable bonds is 4. The SMILES string of the molecule is CC(C)N[CH]NC=O. The van der Waals surface area contributed by atoms with E-state index in [1.54, 1.807) is 0 Å². The van der Waals surface area contributed by atoms with Gasteiger partial charge >= 0.3 is 0 Å². The van der Waals surface area contributed by atoms with E-state index in [1.165, 1.54) is 6.67 Å². The second kappa shape index (κ2) is 4.59. The number of carbonyl (C=O) groups is 1. The molecule has 0 bridgehead atoms. The van der Waals surface area contributed by atoms with E-state index in [4.69, 9.17) is 0 Å². The lowest BCUT2D eigenvalue weighted by Gasteiger charge is -2.03. The fraction of sp³-hybridized carbons (Fsp3) is 0.600. The summed E-state index contributed by atoms with van der Waals surface area (Å²) in [5, 5.41) is 5.24. The van der Waals surface area contributed by atoms with Crippen LogP contribution in [-0.4, -0.2) is 12.5 Å². The van der Waals surface area contributed by atoms with Crippen LogP contribution in [0.15, 0.2) is 0 Å². The molecular weight excluding hydrogens is 104 g/mol. The summed E-state index contributed by atoms with van der Waals surface area (Å²) in [5.41, 5.74) is 0. The Bertz CT molecular complexity index is 63.4. The van der Waals surface area contributed by atoms with E-state index in [0.29, 0.717) is 12.5 Å². The first-order valence-corrected chi connectivity index (χ1v) is 2.55. The Hall–Kier alpha value is -0.570. The average molecular weight is 115 g/mol. The van der Waals surface area contributed by atoms with Crippen molar-refractivity contribution in [1.82, 2.24) is 10.6 Å². The third-order valence-corrected chi connectivity index (χ3v) is 0.568. The van der Waals surface area contributed by atoms with Crippen LogP contribution in [0.5, 0.6) is 0 Å². The summed E-state index contributed by atoms with van der Waals surface area (Å²) in [5.74, 6) is 0. The number of amides is 1. The lowest BCUT2D eigenvalue weighted by Crippen LogP contribution is -2.27. The highest BCUT2D eigenvalue weighted by Gasteiger charge is 1.87. The maximum absolute atomic E-state index is 9.60. The fourth-order valence-electron chi connectivity index (χ4n) is 0.249. The molecule has 0 spiro atoms. The molecule has 8 heavy (non-hydrogen) atoms. The first-order valence-electron chi connectivity index (χ1n) is 2.55. The van der Waals surface area contributed by atoms with Crippen molar-refractivity contribution in [3.63, 3.8) is 0 Å². The predicted octanol–water partition coefficient (Wildman–Crippen LogP) is -0.150. The van der Waals surface area contributed by atoms with E-state index in [2.05, 4.69) is 10.6 Å². The fourth-order valence-corrected chi connectivity index (χ4v) is 0.249. The highest BCUT2D eigenvalue weighted by molar-refractivity contribution is 5.46. The van der Waals surface area contributed by atoms with Gasteiger partial charge in [-0.25, -0.2) is 0 Å². The maximum Gasteiger partial charge on any atom is 0.208 e. The minimum absolute atomic E-state index is 0.377. The van der Waals surface area contributed by atoms with Crippen molar-refractivity contribution in [3.05, 3.63) is 6.67 Å². The van der Waals surface area contributed by atoms with Gasteiger partial charge in [0.15, 0.2) is 0 Å². The van der Waals surface area contributed by atoms with E-state index in [-0.39, 0.29) is 0 Å². The van der Waals surface area contributed by atoms with E-state index in [9.17, 15) is 4.79 Å². The molecule has 0 aliphatic carbocycles. The largest absolute Gasteiger partial charge is 0.340 e. The lowest BCUT2D eigenvalue weighted by molar-refractivity contribution is -0.109. The molecule has 0 unspecified atom stereocenters. The molecule has 0 heterocycles. The molecule has 0 aromatic carbocycles. The zero-order valence-corrected chi connectivity index (χ0v) is 5.14. The summed E-state index contributed by atoms with van der Waals surface area (Å²) in [6.07, 6.45) is 0.620. The molecule has 0 aromatic heterocycles. The van der Waals surface area contributed by atoms with Gasteiger partial charge in [-0.05, 0) is 13.8 Å². The van der Waals surface area contributed by atoms with Gasteiger partial charge in [0, 0.05) is 6.04 Å². The minimum Gasteiger partial charge on any atom is -0.340 e. The van der Waals surface area contributed by atoms with E-state index >= 15 is 0 Å². The summed E-state index contributed by atoms with van der Waals surface area (Å²) in [6, 6.07) is 0.377. The van der Waals surface area contributed by atoms with Crippen LogP contribution in [-0.2, 0) is 4.79 Å². The molecule has 0 aromatic rings. The minimum atomic E-state index is 0.377. The number of hydrogen-bond acceptors (Lipinski definition) is 2. The molecule has 0 saturated carbocycles. The van der Waals surface area contributed by atoms with Crippen LogP contribution in [0.2, 0.25) is 0 Å². The Morgan fingerprint density at radius 2 is 2.12 bits per heavy atom. The van der Waals surface area contributed by atoms with E-state index in [1.807, 2.05) is 13.8 Å². The van der Waals surface area contributed by atoms with Crippen molar-refractivity contribution < 1.29 is 4.79 Å². The Morgan fingerprint density at radius 1 is 1.50 bits per heavy atom. The van der Waals surface area contributed by atoms with Gasteiger partial charge in [-0.15, -0.1) is 0 Å². The quantitative estimate of drug-likeness (QED) is 0.395. The Balaban J connectivity index is 2.81. The first-order chi connectivity index (χ1) is 3.77. The van der Waals surface area contributed by atoms with Gasteiger partial charge in [0.1, 0.15) is 6.67 Å². The van der Waals surface area contributed by atoms with Crippen molar-refractivity contribution in [2.45, 2.75) is 19.9 Å². The highest BCUT2D eigenvalue weighted by atomic mass is 16.1. The smallest absolute Gasteiger partial charge is 0.208 e. The zero-order chi connectivity index (χ0) is 6.41. The topological polar surface area (TPSA) is 41.1 Å². The van der Waals surface area contributed by atoms with Gasteiger partial charge in [0.25, 0.3) is 0 Å². The molecule has 3 heteroatoms. The molecule has 0 aliphatic heterocycles. The monoisotopic (exact) mass is 115 g/mol. The van der Waals surface area contributed by atoms with Crippen molar-refractivity contribution in [2.24, 2.45) is 0 Å². The number of hydrogen-bond donors (Lipinski definition) is 2. The molecule has 1 amide bonds. The van der Waals surface area contributed by atoms with Gasteiger partial charge in [-0.3, -0.25) is 10.1 Å². The molecule has 1 radical (unpaired) electrons. The summed E-state index contributed by atoms with van der Waals surface area (Å²) >= 11 is 0. The number of nitrogens with one attached hydrogen (secondary N) is 2. The molecular formula is C5H11N2O. The lowest BCUT2D eigenvalue weighted by atomic mass is 10.4. The van der Waals surface area contributed by atoms with Crippen LogP contribution in [0.3, 0.4) is 0 Å². The molecule has 2 N–H and O–H groups in total. The summed E-state index contributed by atoms with van der Waals surface area (Å²) < 4.78 is 0. The van der Waals surface area contributed by atoms with Crippen molar-refractivity contribution in [1.29, 1.82) is 0 Å². The average Bonchev–Trinajstić information content (AvgIpc) is 1.66. The van der Waals surface area contributed by atoms with Crippen LogP contribution in [0.4, 0.5) is 0 Å². The van der Waals surface area contributed by atoms with Gasteiger partial charge in [0.2, 0.25) is 6.41 Å². The Kier molecular flexibility index (Phi) is 4.26. The number of carbonyl (C=O) groups excluding carboxylic acids is 1. The molecule has 3 nitrogen and oxygen atoms in total. The molecule has 0 atom stereocenters. The Morgan fingerprint density at radius 3 is 2.50 bits per heavy atom.